The summed E-state index contributed by atoms with van der Waals surface area (Å²) in [6.45, 7) is 4.74. The van der Waals surface area contributed by atoms with Gasteiger partial charge in [-0.1, -0.05) is 13.0 Å². The Morgan fingerprint density at radius 2 is 2.28 bits per heavy atom. The molecule has 98 valence electrons. The molecule has 18 heavy (non-hydrogen) atoms. The van der Waals surface area contributed by atoms with Crippen molar-refractivity contribution < 1.29 is 0 Å². The third-order valence-electron chi connectivity index (χ3n) is 4.54. The number of fused-ring (bicyclic) bond motifs is 2. The summed E-state index contributed by atoms with van der Waals surface area (Å²) in [6.07, 6.45) is 6.06. The van der Waals surface area contributed by atoms with Gasteiger partial charge in [-0.3, -0.25) is 9.69 Å². The number of aromatic nitrogens is 1. The van der Waals surface area contributed by atoms with E-state index in [2.05, 4.69) is 16.8 Å². The fourth-order valence-electron chi connectivity index (χ4n) is 3.72. The van der Waals surface area contributed by atoms with E-state index in [1.807, 2.05) is 6.07 Å². The first kappa shape index (κ1) is 12.0. The van der Waals surface area contributed by atoms with Gasteiger partial charge in [0.25, 0.3) is 0 Å². The molecule has 1 aliphatic carbocycles. The molecule has 1 N–H and O–H groups in total. The van der Waals surface area contributed by atoms with Gasteiger partial charge in [-0.15, -0.1) is 0 Å². The summed E-state index contributed by atoms with van der Waals surface area (Å²) in [7, 11) is 0. The van der Waals surface area contributed by atoms with Crippen molar-refractivity contribution in [2.75, 3.05) is 13.1 Å². The summed E-state index contributed by atoms with van der Waals surface area (Å²) in [4.78, 5) is 17.1. The number of nitrogens with zero attached hydrogens (tertiary/aromatic N) is 1. The monoisotopic (exact) mass is 246 g/mol. The highest BCUT2D eigenvalue weighted by molar-refractivity contribution is 5.25. The average molecular weight is 246 g/mol. The number of rotatable bonds is 2. The maximum Gasteiger partial charge on any atom is 0.248 e. The zero-order chi connectivity index (χ0) is 12.5. The minimum absolute atomic E-state index is 0.0495. The minimum atomic E-state index is 0.0495. The Bertz CT molecular complexity index is 478. The molecular formula is C15H22N2O. The third-order valence-corrected chi connectivity index (χ3v) is 4.54. The summed E-state index contributed by atoms with van der Waals surface area (Å²) < 4.78 is 0. The Morgan fingerprint density at radius 3 is 3.11 bits per heavy atom. The van der Waals surface area contributed by atoms with Gasteiger partial charge in [-0.25, -0.2) is 0 Å². The average Bonchev–Trinajstić information content (AvgIpc) is 2.37. The van der Waals surface area contributed by atoms with E-state index in [4.69, 9.17) is 0 Å². The first-order valence-corrected chi connectivity index (χ1v) is 7.23. The van der Waals surface area contributed by atoms with Crippen molar-refractivity contribution in [1.82, 2.24) is 9.88 Å². The van der Waals surface area contributed by atoms with Gasteiger partial charge in [0.15, 0.2) is 0 Å². The molecule has 1 fully saturated rings. The number of hydrogen-bond donors (Lipinski definition) is 1. The van der Waals surface area contributed by atoms with E-state index >= 15 is 0 Å². The molecule has 1 aromatic rings. The summed E-state index contributed by atoms with van der Waals surface area (Å²) in [5, 5.41) is 0. The van der Waals surface area contributed by atoms with E-state index in [0.29, 0.717) is 6.04 Å². The van der Waals surface area contributed by atoms with Crippen LogP contribution in [0, 0.1) is 5.92 Å². The predicted octanol–water partition coefficient (Wildman–Crippen LogP) is 1.96. The van der Waals surface area contributed by atoms with Crippen LogP contribution >= 0.6 is 0 Å². The Balaban J connectivity index is 1.87. The second kappa shape index (κ2) is 4.88. The molecular weight excluding hydrogens is 224 g/mol. The smallest absolute Gasteiger partial charge is 0.248 e. The molecule has 0 amide bonds. The van der Waals surface area contributed by atoms with Crippen molar-refractivity contribution in [3.63, 3.8) is 0 Å². The first-order valence-electron chi connectivity index (χ1n) is 7.23. The number of pyridine rings is 1. The first-order chi connectivity index (χ1) is 8.78. The van der Waals surface area contributed by atoms with Crippen molar-refractivity contribution in [2.45, 2.75) is 45.1 Å². The molecule has 0 bridgehead atoms. The summed E-state index contributed by atoms with van der Waals surface area (Å²) in [6, 6.07) is 4.41. The van der Waals surface area contributed by atoms with Crippen LogP contribution in [0.1, 0.15) is 37.4 Å². The maximum absolute atomic E-state index is 11.4. The van der Waals surface area contributed by atoms with Crippen LogP contribution in [-0.4, -0.2) is 29.0 Å². The molecule has 0 spiro atoms. The van der Waals surface area contributed by atoms with Crippen LogP contribution in [0.5, 0.6) is 0 Å². The highest BCUT2D eigenvalue weighted by Gasteiger charge is 2.35. The number of H-pyrrole nitrogens is 1. The van der Waals surface area contributed by atoms with Crippen molar-refractivity contribution in [3.05, 3.63) is 33.7 Å². The second-order valence-corrected chi connectivity index (χ2v) is 5.74. The van der Waals surface area contributed by atoms with Crippen LogP contribution < -0.4 is 5.56 Å². The lowest BCUT2D eigenvalue weighted by atomic mass is 9.77. The van der Waals surface area contributed by atoms with E-state index in [9.17, 15) is 4.79 Å². The quantitative estimate of drug-likeness (QED) is 0.866. The predicted molar refractivity (Wildman–Crippen MR) is 72.8 cm³/mol. The Morgan fingerprint density at radius 1 is 1.39 bits per heavy atom. The van der Waals surface area contributed by atoms with Crippen molar-refractivity contribution in [3.8, 4) is 0 Å². The third kappa shape index (κ3) is 2.12. The van der Waals surface area contributed by atoms with E-state index in [-0.39, 0.29) is 5.56 Å². The maximum atomic E-state index is 11.4. The molecule has 0 unspecified atom stereocenters. The fourth-order valence-corrected chi connectivity index (χ4v) is 3.72. The van der Waals surface area contributed by atoms with Gasteiger partial charge in [0, 0.05) is 17.8 Å². The standard InChI is InChI=1S/C15H22N2O/c1-2-7-17-8-3-4-12-9-13-11(10-14(12)17)5-6-15(18)16-13/h5-6,12,14H,2-4,7-10H2,1H3,(H,16,18)/t12-,14-/m1/s1. The van der Waals surface area contributed by atoms with Crippen molar-refractivity contribution >= 4 is 0 Å². The van der Waals surface area contributed by atoms with Gasteiger partial charge >= 0.3 is 0 Å². The van der Waals surface area contributed by atoms with Crippen LogP contribution in [0.4, 0.5) is 0 Å². The zero-order valence-corrected chi connectivity index (χ0v) is 11.1. The van der Waals surface area contributed by atoms with Crippen LogP contribution in [0.25, 0.3) is 0 Å². The lowest BCUT2D eigenvalue weighted by Crippen LogP contribution is -2.49. The van der Waals surface area contributed by atoms with E-state index < -0.39 is 0 Å². The SMILES string of the molecule is CCCN1CCC[C@@H]2Cc3[nH]c(=O)ccc3C[C@H]21. The number of piperidine rings is 1. The van der Waals surface area contributed by atoms with E-state index in [1.54, 1.807) is 6.07 Å². The molecule has 2 heterocycles. The largest absolute Gasteiger partial charge is 0.326 e. The van der Waals surface area contributed by atoms with Crippen molar-refractivity contribution in [2.24, 2.45) is 5.92 Å². The molecule has 0 saturated carbocycles. The Hall–Kier alpha value is -1.09. The highest BCUT2D eigenvalue weighted by Crippen LogP contribution is 2.33. The number of aromatic amines is 1. The molecule has 1 aromatic heterocycles. The Labute approximate surface area is 108 Å². The molecule has 3 rings (SSSR count). The van der Waals surface area contributed by atoms with Gasteiger partial charge in [0.1, 0.15) is 0 Å². The topological polar surface area (TPSA) is 36.1 Å². The summed E-state index contributed by atoms with van der Waals surface area (Å²) in [5.74, 6) is 0.746. The molecule has 2 aliphatic rings. The highest BCUT2D eigenvalue weighted by atomic mass is 16.1. The number of nitrogens with one attached hydrogen (secondary N) is 1. The molecule has 1 aliphatic heterocycles. The van der Waals surface area contributed by atoms with Crippen LogP contribution in [-0.2, 0) is 12.8 Å². The molecule has 0 radical (unpaired) electrons. The van der Waals surface area contributed by atoms with Crippen LogP contribution in [0.3, 0.4) is 0 Å². The van der Waals surface area contributed by atoms with Gasteiger partial charge < -0.3 is 4.98 Å². The second-order valence-electron chi connectivity index (χ2n) is 5.74. The Kier molecular flexibility index (Phi) is 3.25. The molecule has 0 aromatic carbocycles. The molecule has 1 saturated heterocycles. The van der Waals surface area contributed by atoms with E-state index in [0.717, 1.165) is 18.8 Å². The summed E-state index contributed by atoms with van der Waals surface area (Å²) in [5.41, 5.74) is 2.61. The summed E-state index contributed by atoms with van der Waals surface area (Å²) >= 11 is 0. The number of hydrogen-bond acceptors (Lipinski definition) is 2. The van der Waals surface area contributed by atoms with Gasteiger partial charge in [-0.05, 0) is 56.7 Å². The van der Waals surface area contributed by atoms with Gasteiger partial charge in [-0.2, -0.15) is 0 Å². The molecule has 3 heteroatoms. The zero-order valence-electron chi connectivity index (χ0n) is 11.1. The van der Waals surface area contributed by atoms with Crippen LogP contribution in [0.15, 0.2) is 16.9 Å². The molecule has 2 atom stereocenters. The normalized spacial score (nSPS) is 27.6. The van der Waals surface area contributed by atoms with E-state index in [1.165, 1.54) is 43.6 Å². The lowest BCUT2D eigenvalue weighted by molar-refractivity contribution is 0.0845. The van der Waals surface area contributed by atoms with Gasteiger partial charge in [0.05, 0.1) is 0 Å². The fraction of sp³-hybridized carbons (Fsp3) is 0.667. The van der Waals surface area contributed by atoms with Crippen LogP contribution in [0.2, 0.25) is 0 Å². The molecule has 3 nitrogen and oxygen atoms in total. The van der Waals surface area contributed by atoms with Gasteiger partial charge in [0.2, 0.25) is 5.56 Å². The number of likely N-dealkylation sites (tertiary alicyclic amines) is 1. The lowest BCUT2D eigenvalue weighted by Gasteiger charge is -2.44. The minimum Gasteiger partial charge on any atom is -0.326 e. The van der Waals surface area contributed by atoms with Crippen molar-refractivity contribution in [1.29, 1.82) is 0 Å².